The van der Waals surface area contributed by atoms with Gasteiger partial charge in [-0.05, 0) is 13.0 Å². The number of hydrazine groups is 1. The minimum atomic E-state index is -0.463. The smallest absolute Gasteiger partial charge is 0.301 e. The molecule has 90 valence electrons. The van der Waals surface area contributed by atoms with E-state index in [9.17, 15) is 9.18 Å². The van der Waals surface area contributed by atoms with E-state index in [1.165, 1.54) is 11.1 Å². The van der Waals surface area contributed by atoms with Crippen LogP contribution in [0.15, 0.2) is 22.6 Å². The number of fused-ring (bicyclic) bond motifs is 1. The number of nitrogens with one attached hydrogen (secondary N) is 1. The summed E-state index contributed by atoms with van der Waals surface area (Å²) in [6.07, 6.45) is 0. The number of nitrogens with zero attached hydrogens (tertiary/aromatic N) is 1. The fraction of sp³-hybridized carbons (Fsp3) is 0.250. The van der Waals surface area contributed by atoms with Crippen LogP contribution in [0, 0.1) is 12.7 Å². The van der Waals surface area contributed by atoms with E-state index in [2.05, 4.69) is 5.43 Å². The predicted molar refractivity (Wildman–Crippen MR) is 62.1 cm³/mol. The number of furan rings is 1. The number of halogens is 1. The van der Waals surface area contributed by atoms with Gasteiger partial charge in [-0.1, -0.05) is 12.1 Å². The molecule has 1 N–H and O–H groups in total. The van der Waals surface area contributed by atoms with Crippen LogP contribution in [-0.2, 0) is 0 Å². The lowest BCUT2D eigenvalue weighted by molar-refractivity contribution is 0.0828. The van der Waals surface area contributed by atoms with Gasteiger partial charge in [0.15, 0.2) is 17.2 Å². The lowest BCUT2D eigenvalue weighted by atomic mass is 10.1. The van der Waals surface area contributed by atoms with Crippen molar-refractivity contribution in [1.29, 1.82) is 0 Å². The molecule has 2 rings (SSSR count). The molecule has 17 heavy (non-hydrogen) atoms. The number of aryl methyl sites for hydroxylation is 1. The Labute approximate surface area is 98.0 Å². The summed E-state index contributed by atoms with van der Waals surface area (Å²) in [5.74, 6) is -0.712. The van der Waals surface area contributed by atoms with Gasteiger partial charge >= 0.3 is 5.91 Å². The Kier molecular flexibility index (Phi) is 2.85. The number of benzene rings is 1. The van der Waals surface area contributed by atoms with Gasteiger partial charge in [-0.25, -0.2) is 9.40 Å². The fourth-order valence-electron chi connectivity index (χ4n) is 1.68. The van der Waals surface area contributed by atoms with Crippen molar-refractivity contribution in [3.05, 3.63) is 35.3 Å². The first-order chi connectivity index (χ1) is 8.00. The number of hydrogen-bond donors (Lipinski definition) is 1. The zero-order valence-electron chi connectivity index (χ0n) is 9.87. The molecule has 0 aliphatic heterocycles. The monoisotopic (exact) mass is 236 g/mol. The van der Waals surface area contributed by atoms with Crippen LogP contribution in [0.1, 0.15) is 16.1 Å². The summed E-state index contributed by atoms with van der Waals surface area (Å²) in [5.41, 5.74) is 3.32. The molecule has 0 spiro atoms. The number of amides is 1. The molecule has 0 atom stereocenters. The van der Waals surface area contributed by atoms with Crippen LogP contribution in [0.5, 0.6) is 0 Å². The van der Waals surface area contributed by atoms with E-state index in [0.717, 1.165) is 0 Å². The fourth-order valence-corrected chi connectivity index (χ4v) is 1.68. The molecule has 1 heterocycles. The second-order valence-corrected chi connectivity index (χ2v) is 4.01. The summed E-state index contributed by atoms with van der Waals surface area (Å²) >= 11 is 0. The van der Waals surface area contributed by atoms with Gasteiger partial charge in [0.05, 0.1) is 0 Å². The Hall–Kier alpha value is -1.88. The van der Waals surface area contributed by atoms with Crippen LogP contribution in [0.25, 0.3) is 11.0 Å². The first-order valence-electron chi connectivity index (χ1n) is 5.16. The maximum absolute atomic E-state index is 13.5. The molecule has 1 amide bonds. The Morgan fingerprint density at radius 3 is 2.71 bits per heavy atom. The van der Waals surface area contributed by atoms with Gasteiger partial charge in [0.1, 0.15) is 0 Å². The van der Waals surface area contributed by atoms with Crippen LogP contribution in [0.4, 0.5) is 4.39 Å². The minimum absolute atomic E-state index is 0.119. The van der Waals surface area contributed by atoms with Crippen molar-refractivity contribution in [2.24, 2.45) is 0 Å². The van der Waals surface area contributed by atoms with Crippen molar-refractivity contribution in [3.8, 4) is 0 Å². The van der Waals surface area contributed by atoms with E-state index in [-0.39, 0.29) is 17.3 Å². The highest BCUT2D eigenvalue weighted by Crippen LogP contribution is 2.27. The molecule has 0 unspecified atom stereocenters. The first-order valence-corrected chi connectivity index (χ1v) is 5.16. The number of para-hydroxylation sites is 1. The summed E-state index contributed by atoms with van der Waals surface area (Å²) in [7, 11) is 3.38. The second kappa shape index (κ2) is 4.18. The zero-order chi connectivity index (χ0) is 12.6. The van der Waals surface area contributed by atoms with Gasteiger partial charge in [0.2, 0.25) is 0 Å². The SMILES string of the molecule is Cc1c(C(=O)NN(C)C)oc2c(F)cccc12. The molecule has 0 radical (unpaired) electrons. The van der Waals surface area contributed by atoms with Crippen molar-refractivity contribution in [1.82, 2.24) is 10.4 Å². The largest absolute Gasteiger partial charge is 0.447 e. The van der Waals surface area contributed by atoms with Gasteiger partial charge in [0, 0.05) is 25.0 Å². The molecule has 0 bridgehead atoms. The molecule has 0 saturated carbocycles. The molecular weight excluding hydrogens is 223 g/mol. The first kappa shape index (κ1) is 11.6. The van der Waals surface area contributed by atoms with E-state index in [1.54, 1.807) is 33.2 Å². The average Bonchev–Trinajstić information content (AvgIpc) is 2.57. The number of rotatable bonds is 2. The van der Waals surface area contributed by atoms with Crippen molar-refractivity contribution in [2.75, 3.05) is 14.1 Å². The van der Waals surface area contributed by atoms with Crippen LogP contribution in [0.3, 0.4) is 0 Å². The summed E-state index contributed by atoms with van der Waals surface area (Å²) in [6, 6.07) is 4.62. The second-order valence-electron chi connectivity index (χ2n) is 4.01. The van der Waals surface area contributed by atoms with Crippen molar-refractivity contribution in [3.63, 3.8) is 0 Å². The third kappa shape index (κ3) is 2.01. The molecule has 1 aromatic carbocycles. The van der Waals surface area contributed by atoms with Crippen molar-refractivity contribution in [2.45, 2.75) is 6.92 Å². The number of hydrogen-bond acceptors (Lipinski definition) is 3. The van der Waals surface area contributed by atoms with Crippen molar-refractivity contribution < 1.29 is 13.6 Å². The van der Waals surface area contributed by atoms with E-state index in [1.807, 2.05) is 0 Å². The zero-order valence-corrected chi connectivity index (χ0v) is 9.87. The third-order valence-corrected chi connectivity index (χ3v) is 2.45. The molecule has 0 fully saturated rings. The molecule has 0 aliphatic carbocycles. The molecule has 5 heteroatoms. The molecule has 0 aliphatic rings. The van der Waals surface area contributed by atoms with E-state index < -0.39 is 5.82 Å². The van der Waals surface area contributed by atoms with Crippen molar-refractivity contribution >= 4 is 16.9 Å². The van der Waals surface area contributed by atoms with E-state index >= 15 is 0 Å². The third-order valence-electron chi connectivity index (χ3n) is 2.45. The molecule has 4 nitrogen and oxygen atoms in total. The van der Waals surface area contributed by atoms with Gasteiger partial charge in [0.25, 0.3) is 0 Å². The lowest BCUT2D eigenvalue weighted by Gasteiger charge is -2.10. The molecular formula is C12H13FN2O2. The number of carbonyl (C=O) groups is 1. The van der Waals surface area contributed by atoms with Gasteiger partial charge < -0.3 is 4.42 Å². The van der Waals surface area contributed by atoms with Crippen LogP contribution < -0.4 is 5.43 Å². The lowest BCUT2D eigenvalue weighted by Crippen LogP contribution is -2.36. The quantitative estimate of drug-likeness (QED) is 0.812. The van der Waals surface area contributed by atoms with Crippen LogP contribution in [-0.4, -0.2) is 25.0 Å². The highest BCUT2D eigenvalue weighted by Gasteiger charge is 2.19. The van der Waals surface area contributed by atoms with Gasteiger partial charge in [-0.2, -0.15) is 0 Å². The summed E-state index contributed by atoms with van der Waals surface area (Å²) in [5, 5.41) is 2.12. The Bertz CT molecular complexity index is 575. The van der Waals surface area contributed by atoms with E-state index in [4.69, 9.17) is 4.42 Å². The highest BCUT2D eigenvalue weighted by atomic mass is 19.1. The summed E-state index contributed by atoms with van der Waals surface area (Å²) in [6.45, 7) is 1.73. The summed E-state index contributed by atoms with van der Waals surface area (Å²) < 4.78 is 18.7. The molecule has 2 aromatic rings. The highest BCUT2D eigenvalue weighted by molar-refractivity contribution is 5.98. The van der Waals surface area contributed by atoms with Gasteiger partial charge in [-0.3, -0.25) is 10.2 Å². The standard InChI is InChI=1S/C12H13FN2O2/c1-7-8-5-4-6-9(13)11(8)17-10(7)12(16)14-15(2)3/h4-6H,1-3H3,(H,14,16). The maximum atomic E-state index is 13.5. The maximum Gasteiger partial charge on any atom is 0.301 e. The Morgan fingerprint density at radius 1 is 1.41 bits per heavy atom. The van der Waals surface area contributed by atoms with Gasteiger partial charge in [-0.15, -0.1) is 0 Å². The molecule has 1 aromatic heterocycles. The average molecular weight is 236 g/mol. The predicted octanol–water partition coefficient (Wildman–Crippen LogP) is 2.09. The Morgan fingerprint density at radius 2 is 2.12 bits per heavy atom. The van der Waals surface area contributed by atoms with Crippen LogP contribution in [0.2, 0.25) is 0 Å². The number of carbonyl (C=O) groups excluding carboxylic acids is 1. The topological polar surface area (TPSA) is 45.5 Å². The normalized spacial score (nSPS) is 11.1. The Balaban J connectivity index is 2.52. The van der Waals surface area contributed by atoms with Crippen LogP contribution >= 0.6 is 0 Å². The summed E-state index contributed by atoms with van der Waals surface area (Å²) in [4.78, 5) is 11.8. The minimum Gasteiger partial charge on any atom is -0.447 e. The molecule has 0 saturated heterocycles. The van der Waals surface area contributed by atoms with E-state index in [0.29, 0.717) is 10.9 Å².